The number of aliphatic hydroxyl groups is 1. The molecule has 4 N–H and O–H groups in total. The Bertz CT molecular complexity index is 625. The van der Waals surface area contributed by atoms with Gasteiger partial charge in [0.2, 0.25) is 5.91 Å². The van der Waals surface area contributed by atoms with Crippen molar-refractivity contribution in [1.29, 1.82) is 0 Å². The molecule has 1 atom stereocenters. The predicted octanol–water partition coefficient (Wildman–Crippen LogP) is 0.416. The highest BCUT2D eigenvalue weighted by molar-refractivity contribution is 5.98. The highest BCUT2D eigenvalue weighted by atomic mass is 16.3. The van der Waals surface area contributed by atoms with E-state index in [1.54, 1.807) is 12.1 Å². The Labute approximate surface area is 110 Å². The number of hydrogen-bond acceptors (Lipinski definition) is 3. The van der Waals surface area contributed by atoms with Gasteiger partial charge in [-0.1, -0.05) is 30.3 Å². The Hall–Kier alpha value is -2.40. The zero-order valence-electron chi connectivity index (χ0n) is 10.2. The molecule has 0 radical (unpaired) electrons. The summed E-state index contributed by atoms with van der Waals surface area (Å²) < 4.78 is 0. The summed E-state index contributed by atoms with van der Waals surface area (Å²) >= 11 is 0. The van der Waals surface area contributed by atoms with Crippen molar-refractivity contribution in [2.45, 2.75) is 6.10 Å². The highest BCUT2D eigenvalue weighted by Crippen LogP contribution is 2.15. The van der Waals surface area contributed by atoms with Crippen LogP contribution in [0.2, 0.25) is 0 Å². The Morgan fingerprint density at radius 3 is 2.53 bits per heavy atom. The van der Waals surface area contributed by atoms with Crippen LogP contribution in [-0.2, 0) is 4.79 Å². The van der Waals surface area contributed by atoms with Crippen LogP contribution in [-0.4, -0.2) is 29.6 Å². The molecule has 2 rings (SSSR count). The number of primary amides is 1. The first-order valence-corrected chi connectivity index (χ1v) is 5.82. The smallest absolute Gasteiger partial charge is 0.251 e. The molecule has 0 aromatic heterocycles. The van der Waals surface area contributed by atoms with Crippen molar-refractivity contribution in [1.82, 2.24) is 5.32 Å². The standard InChI is InChI=1S/C14H14N2O3/c15-13(18)12(17)8-16-14(19)11-6-5-9-3-1-2-4-10(9)7-11/h1-7,12,17H,8H2,(H2,15,18)(H,16,19). The molecular weight excluding hydrogens is 244 g/mol. The van der Waals surface area contributed by atoms with Gasteiger partial charge in [0.25, 0.3) is 5.91 Å². The van der Waals surface area contributed by atoms with Gasteiger partial charge in [-0.2, -0.15) is 0 Å². The van der Waals surface area contributed by atoms with Crippen molar-refractivity contribution < 1.29 is 14.7 Å². The van der Waals surface area contributed by atoms with Crippen LogP contribution < -0.4 is 11.1 Å². The van der Waals surface area contributed by atoms with Crippen molar-refractivity contribution in [3.63, 3.8) is 0 Å². The molecule has 98 valence electrons. The van der Waals surface area contributed by atoms with Crippen molar-refractivity contribution in [2.24, 2.45) is 5.73 Å². The first-order chi connectivity index (χ1) is 9.08. The minimum atomic E-state index is -1.37. The average Bonchev–Trinajstić information content (AvgIpc) is 2.43. The fourth-order valence-corrected chi connectivity index (χ4v) is 1.72. The van der Waals surface area contributed by atoms with Gasteiger partial charge in [0.15, 0.2) is 0 Å². The number of aliphatic hydroxyl groups excluding tert-OH is 1. The van der Waals surface area contributed by atoms with Crippen LogP contribution in [0.4, 0.5) is 0 Å². The van der Waals surface area contributed by atoms with Crippen molar-refractivity contribution in [3.8, 4) is 0 Å². The van der Waals surface area contributed by atoms with Crippen LogP contribution in [0.25, 0.3) is 10.8 Å². The second-order valence-corrected chi connectivity index (χ2v) is 4.19. The molecule has 0 saturated heterocycles. The lowest BCUT2D eigenvalue weighted by Crippen LogP contribution is -2.39. The summed E-state index contributed by atoms with van der Waals surface area (Å²) in [5.41, 5.74) is 5.36. The number of nitrogens with two attached hydrogens (primary N) is 1. The Kier molecular flexibility index (Phi) is 3.77. The maximum absolute atomic E-state index is 11.8. The van der Waals surface area contributed by atoms with E-state index in [0.717, 1.165) is 10.8 Å². The topological polar surface area (TPSA) is 92.4 Å². The van der Waals surface area contributed by atoms with E-state index in [0.29, 0.717) is 5.56 Å². The van der Waals surface area contributed by atoms with E-state index in [2.05, 4.69) is 5.32 Å². The second-order valence-electron chi connectivity index (χ2n) is 4.19. The Morgan fingerprint density at radius 2 is 1.84 bits per heavy atom. The quantitative estimate of drug-likeness (QED) is 0.742. The van der Waals surface area contributed by atoms with Gasteiger partial charge in [0.1, 0.15) is 6.10 Å². The molecule has 0 aliphatic carbocycles. The van der Waals surface area contributed by atoms with E-state index in [4.69, 9.17) is 5.73 Å². The van der Waals surface area contributed by atoms with E-state index in [-0.39, 0.29) is 12.5 Å². The zero-order chi connectivity index (χ0) is 13.8. The summed E-state index contributed by atoms with van der Waals surface area (Å²) in [5.74, 6) is -1.22. The van der Waals surface area contributed by atoms with E-state index in [1.165, 1.54) is 0 Å². The molecule has 5 heteroatoms. The van der Waals surface area contributed by atoms with Gasteiger partial charge in [0, 0.05) is 5.56 Å². The van der Waals surface area contributed by atoms with E-state index in [9.17, 15) is 14.7 Å². The first kappa shape index (κ1) is 13.0. The number of carbonyl (C=O) groups excluding carboxylic acids is 2. The number of hydrogen-bond donors (Lipinski definition) is 3. The minimum absolute atomic E-state index is 0.193. The highest BCUT2D eigenvalue weighted by Gasteiger charge is 2.13. The number of fused-ring (bicyclic) bond motifs is 1. The molecule has 0 spiro atoms. The SMILES string of the molecule is NC(=O)C(O)CNC(=O)c1ccc2ccccc2c1. The largest absolute Gasteiger partial charge is 0.381 e. The van der Waals surface area contributed by atoms with Crippen LogP contribution in [0.1, 0.15) is 10.4 Å². The number of benzene rings is 2. The zero-order valence-corrected chi connectivity index (χ0v) is 10.2. The summed E-state index contributed by atoms with van der Waals surface area (Å²) in [7, 11) is 0. The molecule has 19 heavy (non-hydrogen) atoms. The third-order valence-corrected chi connectivity index (χ3v) is 2.80. The van der Waals surface area contributed by atoms with Gasteiger partial charge in [-0.05, 0) is 22.9 Å². The van der Waals surface area contributed by atoms with Crippen molar-refractivity contribution in [3.05, 3.63) is 48.0 Å². The Balaban J connectivity index is 2.11. The van der Waals surface area contributed by atoms with Gasteiger partial charge in [-0.15, -0.1) is 0 Å². The molecule has 0 aliphatic rings. The normalized spacial score (nSPS) is 12.1. The number of rotatable bonds is 4. The summed E-state index contributed by atoms with van der Waals surface area (Å²) in [6.07, 6.45) is -1.37. The van der Waals surface area contributed by atoms with Crippen LogP contribution in [0.5, 0.6) is 0 Å². The number of nitrogens with one attached hydrogen (secondary N) is 1. The molecule has 5 nitrogen and oxygen atoms in total. The monoisotopic (exact) mass is 258 g/mol. The molecular formula is C14H14N2O3. The first-order valence-electron chi connectivity index (χ1n) is 5.82. The number of amides is 2. The molecule has 0 aliphatic heterocycles. The van der Waals surface area contributed by atoms with Crippen molar-refractivity contribution >= 4 is 22.6 Å². The van der Waals surface area contributed by atoms with Gasteiger partial charge in [-0.3, -0.25) is 9.59 Å². The van der Waals surface area contributed by atoms with Crippen molar-refractivity contribution in [2.75, 3.05) is 6.54 Å². The van der Waals surface area contributed by atoms with Gasteiger partial charge >= 0.3 is 0 Å². The fourth-order valence-electron chi connectivity index (χ4n) is 1.72. The van der Waals surface area contributed by atoms with Crippen LogP contribution in [0.15, 0.2) is 42.5 Å². The summed E-state index contributed by atoms with van der Waals surface area (Å²) in [4.78, 5) is 22.5. The van der Waals surface area contributed by atoms with Gasteiger partial charge < -0.3 is 16.2 Å². The third kappa shape index (κ3) is 3.08. The molecule has 0 fully saturated rings. The molecule has 0 heterocycles. The maximum atomic E-state index is 11.8. The second kappa shape index (κ2) is 5.49. The predicted molar refractivity (Wildman–Crippen MR) is 71.5 cm³/mol. The molecule has 2 amide bonds. The molecule has 2 aromatic carbocycles. The van der Waals surface area contributed by atoms with E-state index in [1.807, 2.05) is 30.3 Å². The van der Waals surface area contributed by atoms with Gasteiger partial charge in [-0.25, -0.2) is 0 Å². The van der Waals surface area contributed by atoms with E-state index >= 15 is 0 Å². The third-order valence-electron chi connectivity index (χ3n) is 2.80. The molecule has 2 aromatic rings. The fraction of sp³-hybridized carbons (Fsp3) is 0.143. The van der Waals surface area contributed by atoms with Gasteiger partial charge in [0.05, 0.1) is 6.54 Å². The minimum Gasteiger partial charge on any atom is -0.381 e. The average molecular weight is 258 g/mol. The summed E-state index contributed by atoms with van der Waals surface area (Å²) in [5, 5.41) is 13.6. The molecule has 0 saturated carbocycles. The number of carbonyl (C=O) groups is 2. The lowest BCUT2D eigenvalue weighted by molar-refractivity contribution is -0.125. The summed E-state index contributed by atoms with van der Waals surface area (Å²) in [6.45, 7) is -0.193. The lowest BCUT2D eigenvalue weighted by atomic mass is 10.1. The van der Waals surface area contributed by atoms with Crippen LogP contribution in [0.3, 0.4) is 0 Å². The lowest BCUT2D eigenvalue weighted by Gasteiger charge is -2.09. The maximum Gasteiger partial charge on any atom is 0.251 e. The Morgan fingerprint density at radius 1 is 1.16 bits per heavy atom. The summed E-state index contributed by atoms with van der Waals surface area (Å²) in [6, 6.07) is 13.0. The van der Waals surface area contributed by atoms with Crippen LogP contribution in [0, 0.1) is 0 Å². The molecule has 0 bridgehead atoms. The van der Waals surface area contributed by atoms with E-state index < -0.39 is 12.0 Å². The van der Waals surface area contributed by atoms with Crippen LogP contribution >= 0.6 is 0 Å². The molecule has 1 unspecified atom stereocenters.